The van der Waals surface area contributed by atoms with E-state index in [1.165, 1.54) is 40.0 Å². The van der Waals surface area contributed by atoms with Gasteiger partial charge < -0.3 is 22.2 Å². The Bertz CT molecular complexity index is 1400. The number of hydrogen-bond donors (Lipinski definition) is 0. The number of carbonyl (C=O) groups excluding carboxylic acids is 1. The van der Waals surface area contributed by atoms with Crippen LogP contribution in [0, 0.1) is 6.54 Å². The first-order valence-corrected chi connectivity index (χ1v) is 19.0. The van der Waals surface area contributed by atoms with Crippen molar-refractivity contribution in [1.29, 1.82) is 0 Å². The fourth-order valence-electron chi connectivity index (χ4n) is 4.91. The van der Waals surface area contributed by atoms with Crippen molar-refractivity contribution in [2.75, 3.05) is 18.9 Å². The number of rotatable bonds is 12. The third kappa shape index (κ3) is 16.8. The molecule has 0 heterocycles. The van der Waals surface area contributed by atoms with E-state index in [0.717, 1.165) is 18.5 Å². The van der Waals surface area contributed by atoms with Crippen molar-refractivity contribution in [2.45, 2.75) is 26.7 Å². The van der Waals surface area contributed by atoms with Crippen LogP contribution in [0.4, 0.5) is 17.3 Å². The predicted molar refractivity (Wildman–Crippen MR) is 200 cm³/mol. The van der Waals surface area contributed by atoms with Gasteiger partial charge in [0, 0.05) is 13.5 Å². The molecule has 2 nitrogen and oxygen atoms in total. The summed E-state index contributed by atoms with van der Waals surface area (Å²) >= 11 is 0. The molecule has 0 atom stereocenters. The molecule has 0 bridgehead atoms. The largest absolute Gasteiger partial charge is 2.00 e. The van der Waals surface area contributed by atoms with Crippen molar-refractivity contribution >= 4 is 50.2 Å². The van der Waals surface area contributed by atoms with Crippen LogP contribution >= 0.6 is 15.8 Å². The SMILES string of the molecule is CCCN([CH-]c1ccccc1)C(C)=O.F[B-](F)(F)F.[Pd+2].c1ccc(P(CCCP(c2ccccc2)c2ccccc2)c2ccccc2)cc1. The zero-order chi connectivity index (χ0) is 34.6. The van der Waals surface area contributed by atoms with Crippen molar-refractivity contribution in [2.24, 2.45) is 0 Å². The average Bonchev–Trinajstić information content (AvgIpc) is 3.10. The van der Waals surface area contributed by atoms with Gasteiger partial charge in [0.15, 0.2) is 0 Å². The minimum atomic E-state index is -6.00. The minimum absolute atomic E-state index is 0. The van der Waals surface area contributed by atoms with E-state index in [1.54, 1.807) is 11.8 Å². The number of nitrogens with zero attached hydrogens (tertiary/aromatic N) is 1. The Morgan fingerprint density at radius 2 is 0.878 bits per heavy atom. The number of amides is 1. The number of hydrogen-bond acceptors (Lipinski definition) is 1. The van der Waals surface area contributed by atoms with Gasteiger partial charge in [-0.25, -0.2) is 0 Å². The third-order valence-electron chi connectivity index (χ3n) is 7.01. The second-order valence-electron chi connectivity index (χ2n) is 10.7. The first kappa shape index (κ1) is 41.9. The summed E-state index contributed by atoms with van der Waals surface area (Å²) in [5.41, 5.74) is 1.07. The molecular formula is C39H42BF4NOP2Pd. The fourth-order valence-corrected chi connectivity index (χ4v) is 9.86. The summed E-state index contributed by atoms with van der Waals surface area (Å²) in [6, 6.07) is 54.2. The Kier molecular flexibility index (Phi) is 19.9. The van der Waals surface area contributed by atoms with Crippen molar-refractivity contribution in [3.05, 3.63) is 164 Å². The maximum Gasteiger partial charge on any atom is 2.00 e. The van der Waals surface area contributed by atoms with E-state index in [-0.39, 0.29) is 42.2 Å². The molecule has 0 unspecified atom stereocenters. The van der Waals surface area contributed by atoms with Crippen LogP contribution < -0.4 is 21.2 Å². The van der Waals surface area contributed by atoms with E-state index in [0.29, 0.717) is 0 Å². The third-order valence-corrected chi connectivity index (χ3v) is 12.2. The zero-order valence-corrected chi connectivity index (χ0v) is 31.0. The molecule has 1 amide bonds. The second-order valence-corrected chi connectivity index (χ2v) is 15.4. The van der Waals surface area contributed by atoms with Gasteiger partial charge in [-0.3, -0.25) is 4.79 Å². The normalized spacial score (nSPS) is 10.5. The van der Waals surface area contributed by atoms with Gasteiger partial charge in [0.25, 0.3) is 0 Å². The van der Waals surface area contributed by atoms with Crippen molar-refractivity contribution < 1.29 is 42.5 Å². The molecular weight excluding hydrogens is 754 g/mol. The summed E-state index contributed by atoms with van der Waals surface area (Å²) in [5, 5.41) is 5.94. The summed E-state index contributed by atoms with van der Waals surface area (Å²) in [6.07, 6.45) is 4.69. The van der Waals surface area contributed by atoms with Gasteiger partial charge in [-0.15, -0.1) is 12.1 Å². The minimum Gasteiger partial charge on any atom is -0.418 e. The van der Waals surface area contributed by atoms with Crippen LogP contribution in [0.25, 0.3) is 0 Å². The van der Waals surface area contributed by atoms with Gasteiger partial charge >= 0.3 is 27.7 Å². The van der Waals surface area contributed by atoms with E-state index >= 15 is 0 Å². The molecule has 5 rings (SSSR count). The van der Waals surface area contributed by atoms with Crippen LogP contribution in [0.15, 0.2) is 152 Å². The van der Waals surface area contributed by atoms with Gasteiger partial charge in [-0.2, -0.15) is 17.7 Å². The standard InChI is InChI=1S/C27H26P2.C12H16NO.BF4.Pd/c1-5-14-24(15-6-1)28(25-16-7-2-8-17-25)22-13-23-29(26-18-9-3-10-19-26)27-20-11-4-12-21-27;1-3-9-13(11(2)14)10-12-7-5-4-6-8-12;2-1(3,4)5;/h1-12,14-21H,13,22-23H2;4-8,10H,3,9H2,1-2H3;;/q;2*-1;+2. The molecule has 49 heavy (non-hydrogen) atoms. The van der Waals surface area contributed by atoms with Crippen LogP contribution in [0.5, 0.6) is 0 Å². The van der Waals surface area contributed by atoms with E-state index < -0.39 is 7.25 Å². The summed E-state index contributed by atoms with van der Waals surface area (Å²) in [6.45, 7) is 6.33. The Balaban J connectivity index is 0.000000348. The van der Waals surface area contributed by atoms with Gasteiger partial charge in [-0.1, -0.05) is 141 Å². The molecule has 0 spiro atoms. The van der Waals surface area contributed by atoms with Crippen LogP contribution in [0.2, 0.25) is 0 Å². The molecule has 0 saturated carbocycles. The van der Waals surface area contributed by atoms with Crippen LogP contribution in [-0.4, -0.2) is 36.9 Å². The topological polar surface area (TPSA) is 20.3 Å². The van der Waals surface area contributed by atoms with Crippen LogP contribution in [0.1, 0.15) is 32.3 Å². The molecule has 5 aromatic carbocycles. The molecule has 0 radical (unpaired) electrons. The van der Waals surface area contributed by atoms with E-state index in [1.807, 2.05) is 36.9 Å². The fraction of sp³-hybridized carbons (Fsp3) is 0.179. The van der Waals surface area contributed by atoms with Crippen molar-refractivity contribution in [3.63, 3.8) is 0 Å². The van der Waals surface area contributed by atoms with Crippen LogP contribution in [-0.2, 0) is 25.2 Å². The number of halogens is 4. The first-order valence-electron chi connectivity index (χ1n) is 16.0. The van der Waals surface area contributed by atoms with E-state index in [4.69, 9.17) is 0 Å². The molecule has 0 aliphatic rings. The zero-order valence-electron chi connectivity index (χ0n) is 27.7. The number of benzene rings is 5. The summed E-state index contributed by atoms with van der Waals surface area (Å²) in [5.74, 6) is 0.0932. The molecule has 0 aliphatic heterocycles. The molecule has 0 aromatic heterocycles. The number of carbonyl (C=O) groups is 1. The first-order chi connectivity index (χ1) is 23.2. The molecule has 0 N–H and O–H groups in total. The average molecular weight is 796 g/mol. The van der Waals surface area contributed by atoms with Crippen LogP contribution in [0.3, 0.4) is 0 Å². The van der Waals surface area contributed by atoms with Crippen molar-refractivity contribution in [1.82, 2.24) is 4.90 Å². The molecule has 0 aliphatic carbocycles. The maximum absolute atomic E-state index is 11.2. The Morgan fingerprint density at radius 3 is 1.14 bits per heavy atom. The molecule has 10 heteroatoms. The quantitative estimate of drug-likeness (QED) is 0.0534. The predicted octanol–water partition coefficient (Wildman–Crippen LogP) is 9.39. The Morgan fingerprint density at radius 1 is 0.592 bits per heavy atom. The molecule has 0 saturated heterocycles. The Hall–Kier alpha value is -3.25. The monoisotopic (exact) mass is 795 g/mol. The van der Waals surface area contributed by atoms with Gasteiger partial charge in [0.1, 0.15) is 0 Å². The van der Waals surface area contributed by atoms with Gasteiger partial charge in [-0.05, 0) is 62.2 Å². The summed E-state index contributed by atoms with van der Waals surface area (Å²) in [4.78, 5) is 13.0. The van der Waals surface area contributed by atoms with Crippen molar-refractivity contribution in [3.8, 4) is 0 Å². The summed E-state index contributed by atoms with van der Waals surface area (Å²) in [7, 11) is -6.62. The molecule has 0 fully saturated rings. The summed E-state index contributed by atoms with van der Waals surface area (Å²) < 4.78 is 39.0. The smallest absolute Gasteiger partial charge is 0.418 e. The van der Waals surface area contributed by atoms with Gasteiger partial charge in [0.2, 0.25) is 5.91 Å². The van der Waals surface area contributed by atoms with E-state index in [9.17, 15) is 22.1 Å². The van der Waals surface area contributed by atoms with E-state index in [2.05, 4.69) is 128 Å². The molecule has 5 aromatic rings. The molecule has 260 valence electrons. The van der Waals surface area contributed by atoms with Gasteiger partial charge in [0.05, 0.1) is 0 Å². The second kappa shape index (κ2) is 23.2. The maximum atomic E-state index is 11.2. The Labute approximate surface area is 305 Å².